The number of sulfonamides is 1. The number of nitrogens with one attached hydrogen (secondary N) is 1. The van der Waals surface area contributed by atoms with Gasteiger partial charge in [0.15, 0.2) is 0 Å². The van der Waals surface area contributed by atoms with Gasteiger partial charge in [-0.05, 0) is 30.7 Å². The molecule has 0 saturated carbocycles. The monoisotopic (exact) mass is 397 g/mol. The molecule has 0 fully saturated rings. The maximum absolute atomic E-state index is 12.5. The fourth-order valence-electron chi connectivity index (χ4n) is 2.09. The van der Waals surface area contributed by atoms with E-state index in [1.165, 1.54) is 50.5 Å². The van der Waals surface area contributed by atoms with Gasteiger partial charge in [-0.1, -0.05) is 17.7 Å². The highest BCUT2D eigenvalue weighted by molar-refractivity contribution is 7.89. The topological polar surface area (TPSA) is 110 Å². The summed E-state index contributed by atoms with van der Waals surface area (Å²) < 4.78 is 25.6. The molecule has 0 radical (unpaired) electrons. The molecule has 2 rings (SSSR count). The van der Waals surface area contributed by atoms with E-state index < -0.39 is 20.9 Å². The van der Waals surface area contributed by atoms with Gasteiger partial charge in [-0.25, -0.2) is 12.7 Å². The molecule has 0 aliphatic rings. The van der Waals surface area contributed by atoms with Gasteiger partial charge in [0.25, 0.3) is 11.6 Å². The summed E-state index contributed by atoms with van der Waals surface area (Å²) in [4.78, 5) is 22.6. The SMILES string of the molecule is Cc1ccc([N+](=O)[O-])cc1NC(=O)c1ccc(Cl)c(S(=O)(=O)N(C)C)c1. The zero-order chi connectivity index (χ0) is 19.6. The van der Waals surface area contributed by atoms with Gasteiger partial charge in [0.05, 0.1) is 15.6 Å². The lowest BCUT2D eigenvalue weighted by Crippen LogP contribution is -2.23. The van der Waals surface area contributed by atoms with Crippen LogP contribution in [0, 0.1) is 17.0 Å². The molecule has 0 aliphatic carbocycles. The molecule has 10 heteroatoms. The zero-order valence-electron chi connectivity index (χ0n) is 14.2. The predicted octanol–water partition coefficient (Wildman–Crippen LogP) is 3.06. The Bertz CT molecular complexity index is 989. The van der Waals surface area contributed by atoms with Crippen LogP contribution in [-0.2, 0) is 10.0 Å². The van der Waals surface area contributed by atoms with E-state index in [1.807, 2.05) is 0 Å². The summed E-state index contributed by atoms with van der Waals surface area (Å²) in [6, 6.07) is 7.93. The van der Waals surface area contributed by atoms with E-state index in [2.05, 4.69) is 5.32 Å². The number of carbonyl (C=O) groups is 1. The molecule has 0 aliphatic heterocycles. The smallest absolute Gasteiger partial charge is 0.271 e. The van der Waals surface area contributed by atoms with Crippen molar-refractivity contribution < 1.29 is 18.1 Å². The number of non-ortho nitro benzene ring substituents is 1. The molecule has 8 nitrogen and oxygen atoms in total. The van der Waals surface area contributed by atoms with Crippen molar-refractivity contribution >= 4 is 38.9 Å². The summed E-state index contributed by atoms with van der Waals surface area (Å²) in [6.07, 6.45) is 0. The van der Waals surface area contributed by atoms with Crippen molar-refractivity contribution in [1.29, 1.82) is 0 Å². The highest BCUT2D eigenvalue weighted by atomic mass is 35.5. The predicted molar refractivity (Wildman–Crippen MR) is 98.1 cm³/mol. The molecular formula is C16H16ClN3O5S. The van der Waals surface area contributed by atoms with Crippen molar-refractivity contribution in [3.8, 4) is 0 Å². The van der Waals surface area contributed by atoms with E-state index in [4.69, 9.17) is 11.6 Å². The fourth-order valence-corrected chi connectivity index (χ4v) is 3.49. The molecule has 0 atom stereocenters. The van der Waals surface area contributed by atoms with Gasteiger partial charge in [0, 0.05) is 31.8 Å². The number of benzene rings is 2. The molecule has 2 aromatic rings. The number of hydrogen-bond donors (Lipinski definition) is 1. The van der Waals surface area contributed by atoms with Gasteiger partial charge in [0.1, 0.15) is 4.90 Å². The largest absolute Gasteiger partial charge is 0.321 e. The van der Waals surface area contributed by atoms with E-state index in [0.29, 0.717) is 5.56 Å². The van der Waals surface area contributed by atoms with Crippen LogP contribution in [0.5, 0.6) is 0 Å². The normalized spacial score (nSPS) is 11.4. The highest BCUT2D eigenvalue weighted by Crippen LogP contribution is 2.26. The first-order valence-electron chi connectivity index (χ1n) is 7.32. The average Bonchev–Trinajstić information content (AvgIpc) is 2.56. The maximum atomic E-state index is 12.5. The Morgan fingerprint density at radius 3 is 2.42 bits per heavy atom. The number of nitro groups is 1. The molecule has 0 bridgehead atoms. The van der Waals surface area contributed by atoms with Crippen molar-refractivity contribution in [3.63, 3.8) is 0 Å². The number of hydrogen-bond acceptors (Lipinski definition) is 5. The van der Waals surface area contributed by atoms with Crippen LogP contribution in [0.25, 0.3) is 0 Å². The molecule has 0 spiro atoms. The summed E-state index contributed by atoms with van der Waals surface area (Å²) in [5.74, 6) is -0.611. The summed E-state index contributed by atoms with van der Waals surface area (Å²) >= 11 is 5.96. The molecule has 1 N–H and O–H groups in total. The molecule has 0 unspecified atom stereocenters. The third-order valence-corrected chi connectivity index (χ3v) is 5.93. The Morgan fingerprint density at radius 1 is 1.19 bits per heavy atom. The Labute approximate surface area is 155 Å². The number of amides is 1. The number of aryl methyl sites for hydroxylation is 1. The number of halogens is 1. The number of nitro benzene ring substituents is 1. The van der Waals surface area contributed by atoms with Crippen LogP contribution in [-0.4, -0.2) is 37.6 Å². The van der Waals surface area contributed by atoms with Crippen LogP contribution in [0.1, 0.15) is 15.9 Å². The van der Waals surface area contributed by atoms with Crippen molar-refractivity contribution in [1.82, 2.24) is 4.31 Å². The van der Waals surface area contributed by atoms with Gasteiger partial charge in [-0.2, -0.15) is 0 Å². The fraction of sp³-hybridized carbons (Fsp3) is 0.188. The van der Waals surface area contributed by atoms with Crippen LogP contribution in [0.2, 0.25) is 5.02 Å². The molecular weight excluding hydrogens is 382 g/mol. The van der Waals surface area contributed by atoms with E-state index in [-0.39, 0.29) is 26.9 Å². The minimum atomic E-state index is -3.83. The second kappa shape index (κ2) is 7.40. The second-order valence-corrected chi connectivity index (χ2v) is 8.17. The van der Waals surface area contributed by atoms with Gasteiger partial charge in [-0.3, -0.25) is 14.9 Å². The van der Waals surface area contributed by atoms with Gasteiger partial charge in [-0.15, -0.1) is 0 Å². The minimum Gasteiger partial charge on any atom is -0.321 e. The Balaban J connectivity index is 2.40. The zero-order valence-corrected chi connectivity index (χ0v) is 15.8. The first kappa shape index (κ1) is 19.8. The van der Waals surface area contributed by atoms with Gasteiger partial charge in [0.2, 0.25) is 10.0 Å². The summed E-state index contributed by atoms with van der Waals surface area (Å²) in [5.41, 5.74) is 0.772. The number of rotatable bonds is 5. The lowest BCUT2D eigenvalue weighted by molar-refractivity contribution is -0.384. The number of nitrogens with zero attached hydrogens (tertiary/aromatic N) is 2. The van der Waals surface area contributed by atoms with Crippen LogP contribution >= 0.6 is 11.6 Å². The molecule has 0 aromatic heterocycles. The quantitative estimate of drug-likeness (QED) is 0.615. The molecule has 0 heterocycles. The van der Waals surface area contributed by atoms with Crippen molar-refractivity contribution in [2.24, 2.45) is 0 Å². The van der Waals surface area contributed by atoms with E-state index in [9.17, 15) is 23.3 Å². The minimum absolute atomic E-state index is 0.0122. The van der Waals surface area contributed by atoms with Crippen LogP contribution < -0.4 is 5.32 Å². The van der Waals surface area contributed by atoms with Crippen molar-refractivity contribution in [2.45, 2.75) is 11.8 Å². The van der Waals surface area contributed by atoms with E-state index >= 15 is 0 Å². The van der Waals surface area contributed by atoms with Crippen molar-refractivity contribution in [3.05, 3.63) is 62.7 Å². The lowest BCUT2D eigenvalue weighted by Gasteiger charge is -2.14. The first-order chi connectivity index (χ1) is 12.0. The molecule has 26 heavy (non-hydrogen) atoms. The van der Waals surface area contributed by atoms with Gasteiger partial charge < -0.3 is 5.32 Å². The summed E-state index contributed by atoms with van der Waals surface area (Å²) in [7, 11) is -1.13. The van der Waals surface area contributed by atoms with Crippen LogP contribution in [0.4, 0.5) is 11.4 Å². The molecule has 0 saturated heterocycles. The number of carbonyl (C=O) groups excluding carboxylic acids is 1. The average molecular weight is 398 g/mol. The number of anilines is 1. The second-order valence-electron chi connectivity index (χ2n) is 5.64. The Morgan fingerprint density at radius 2 is 1.85 bits per heavy atom. The Kier molecular flexibility index (Phi) is 5.65. The van der Waals surface area contributed by atoms with E-state index in [0.717, 1.165) is 4.31 Å². The standard InChI is InChI=1S/C16H16ClN3O5S/c1-10-4-6-12(20(22)23)9-14(10)18-16(21)11-5-7-13(17)15(8-11)26(24,25)19(2)3/h4-9H,1-3H3,(H,18,21). The summed E-state index contributed by atoms with van der Waals surface area (Å²) in [5, 5.41) is 13.4. The molecule has 138 valence electrons. The Hall–Kier alpha value is -2.49. The third-order valence-electron chi connectivity index (χ3n) is 3.63. The first-order valence-corrected chi connectivity index (χ1v) is 9.14. The molecule has 2 aromatic carbocycles. The summed E-state index contributed by atoms with van der Waals surface area (Å²) in [6.45, 7) is 1.68. The highest BCUT2D eigenvalue weighted by Gasteiger charge is 2.22. The third kappa shape index (κ3) is 4.01. The van der Waals surface area contributed by atoms with Gasteiger partial charge >= 0.3 is 0 Å². The van der Waals surface area contributed by atoms with Crippen molar-refractivity contribution in [2.75, 3.05) is 19.4 Å². The lowest BCUT2D eigenvalue weighted by atomic mass is 10.1. The van der Waals surface area contributed by atoms with Crippen LogP contribution in [0.3, 0.4) is 0 Å². The van der Waals surface area contributed by atoms with E-state index in [1.54, 1.807) is 6.92 Å². The maximum Gasteiger partial charge on any atom is 0.271 e. The molecule has 1 amide bonds. The van der Waals surface area contributed by atoms with Crippen LogP contribution in [0.15, 0.2) is 41.3 Å².